The Bertz CT molecular complexity index is 260. The monoisotopic (exact) mass is 162 g/mol. The van der Waals surface area contributed by atoms with Crippen LogP contribution in [0.25, 0.3) is 0 Å². The zero-order valence-electron chi connectivity index (χ0n) is 7.12. The number of hydrogen-bond donors (Lipinski definition) is 0. The molecule has 0 fully saturated rings. The van der Waals surface area contributed by atoms with Crippen LogP contribution in [-0.4, -0.2) is 7.35 Å². The second-order valence-corrected chi connectivity index (χ2v) is 2.57. The topological polar surface area (TPSA) is 26.3 Å². The predicted octanol–water partition coefficient (Wildman–Crippen LogP) is 1.98. The Morgan fingerprint density at radius 3 is 2.83 bits per heavy atom. The van der Waals surface area contributed by atoms with Gasteiger partial charge in [0.15, 0.2) is 0 Å². The second kappa shape index (κ2) is 4.70. The SMILES string of the molecule is CCCc1ccccc1OB=O. The molecular weight excluding hydrogens is 151 g/mol. The molecule has 0 heterocycles. The van der Waals surface area contributed by atoms with Crippen LogP contribution >= 0.6 is 0 Å². The summed E-state index contributed by atoms with van der Waals surface area (Å²) in [4.78, 5) is 0. The van der Waals surface area contributed by atoms with Crippen molar-refractivity contribution < 1.29 is 9.36 Å². The van der Waals surface area contributed by atoms with Crippen LogP contribution in [0.5, 0.6) is 5.75 Å². The van der Waals surface area contributed by atoms with Gasteiger partial charge in [-0.05, 0) is 0 Å². The summed E-state index contributed by atoms with van der Waals surface area (Å²) in [6, 6.07) is 7.59. The Kier molecular flexibility index (Phi) is 3.52. The second-order valence-electron chi connectivity index (χ2n) is 2.57. The van der Waals surface area contributed by atoms with E-state index in [4.69, 9.17) is 4.65 Å². The summed E-state index contributed by atoms with van der Waals surface area (Å²) in [7, 11) is 0.467. The molecule has 12 heavy (non-hydrogen) atoms. The van der Waals surface area contributed by atoms with Crippen LogP contribution in [0, 0.1) is 0 Å². The van der Waals surface area contributed by atoms with Crippen LogP contribution in [0.3, 0.4) is 0 Å². The number of para-hydroxylation sites is 1. The summed E-state index contributed by atoms with van der Waals surface area (Å²) in [6.45, 7) is 2.09. The average molecular weight is 162 g/mol. The first kappa shape index (κ1) is 8.98. The quantitative estimate of drug-likeness (QED) is 0.632. The van der Waals surface area contributed by atoms with Crippen LogP contribution in [0.4, 0.5) is 0 Å². The molecule has 0 aliphatic carbocycles. The summed E-state index contributed by atoms with van der Waals surface area (Å²) in [5.74, 6) is 0.675. The molecule has 0 spiro atoms. The van der Waals surface area contributed by atoms with E-state index in [1.807, 2.05) is 18.2 Å². The fourth-order valence-electron chi connectivity index (χ4n) is 1.15. The molecule has 0 aliphatic heterocycles. The van der Waals surface area contributed by atoms with Crippen molar-refractivity contribution in [3.05, 3.63) is 29.8 Å². The van der Waals surface area contributed by atoms with Gasteiger partial charge < -0.3 is 0 Å². The molecular formula is C9H11BO2. The maximum atomic E-state index is 10.1. The van der Waals surface area contributed by atoms with Crippen molar-refractivity contribution in [2.45, 2.75) is 19.8 Å². The summed E-state index contributed by atoms with van der Waals surface area (Å²) in [6.07, 6.45) is 2.00. The molecule has 0 amide bonds. The third kappa shape index (κ3) is 2.19. The van der Waals surface area contributed by atoms with Gasteiger partial charge in [-0.3, -0.25) is 0 Å². The number of benzene rings is 1. The van der Waals surface area contributed by atoms with Gasteiger partial charge >= 0.3 is 72.1 Å². The molecule has 3 heteroatoms. The molecule has 2 nitrogen and oxygen atoms in total. The molecule has 0 aromatic heterocycles. The third-order valence-electron chi connectivity index (χ3n) is 1.67. The first-order valence-corrected chi connectivity index (χ1v) is 4.06. The predicted molar refractivity (Wildman–Crippen MR) is 47.5 cm³/mol. The summed E-state index contributed by atoms with van der Waals surface area (Å²) in [5.41, 5.74) is 1.09. The van der Waals surface area contributed by atoms with Gasteiger partial charge in [-0.15, -0.1) is 0 Å². The van der Waals surface area contributed by atoms with Crippen molar-refractivity contribution in [3.63, 3.8) is 0 Å². The van der Waals surface area contributed by atoms with Crippen molar-refractivity contribution >= 4 is 7.35 Å². The van der Waals surface area contributed by atoms with Crippen LogP contribution in [-0.2, 0) is 11.1 Å². The Hall–Kier alpha value is -1.12. The minimum atomic E-state index is 0.467. The maximum absolute atomic E-state index is 10.1. The Morgan fingerprint density at radius 2 is 2.17 bits per heavy atom. The fraction of sp³-hybridized carbons (Fsp3) is 0.333. The van der Waals surface area contributed by atoms with E-state index in [0.29, 0.717) is 13.1 Å². The third-order valence-corrected chi connectivity index (χ3v) is 1.67. The molecule has 1 aromatic rings. The molecule has 0 N–H and O–H groups in total. The Labute approximate surface area is 72.8 Å². The van der Waals surface area contributed by atoms with Crippen LogP contribution in [0.2, 0.25) is 0 Å². The van der Waals surface area contributed by atoms with Gasteiger partial charge in [0.2, 0.25) is 0 Å². The zero-order valence-corrected chi connectivity index (χ0v) is 7.12. The van der Waals surface area contributed by atoms with Crippen molar-refractivity contribution in [1.82, 2.24) is 0 Å². The molecule has 0 atom stereocenters. The van der Waals surface area contributed by atoms with Gasteiger partial charge in [0.25, 0.3) is 0 Å². The van der Waals surface area contributed by atoms with Crippen molar-refractivity contribution in [3.8, 4) is 5.75 Å². The minimum absolute atomic E-state index is 0.467. The summed E-state index contributed by atoms with van der Waals surface area (Å²) < 4.78 is 14.9. The molecule has 0 bridgehead atoms. The average Bonchev–Trinajstić information content (AvgIpc) is 2.09. The first-order valence-electron chi connectivity index (χ1n) is 4.06. The van der Waals surface area contributed by atoms with Crippen molar-refractivity contribution in [2.75, 3.05) is 0 Å². The van der Waals surface area contributed by atoms with E-state index in [1.54, 1.807) is 6.07 Å². The van der Waals surface area contributed by atoms with Crippen molar-refractivity contribution in [1.29, 1.82) is 0 Å². The van der Waals surface area contributed by atoms with Gasteiger partial charge in [-0.2, -0.15) is 0 Å². The van der Waals surface area contributed by atoms with Gasteiger partial charge in [0.05, 0.1) is 0 Å². The molecule has 0 saturated carbocycles. The fourth-order valence-corrected chi connectivity index (χ4v) is 1.15. The normalized spacial score (nSPS) is 9.08. The van der Waals surface area contributed by atoms with Gasteiger partial charge in [-0.25, -0.2) is 0 Å². The molecule has 0 aliphatic rings. The molecule has 0 saturated heterocycles. The van der Waals surface area contributed by atoms with E-state index in [2.05, 4.69) is 6.92 Å². The number of rotatable bonds is 4. The van der Waals surface area contributed by atoms with Crippen LogP contribution < -0.4 is 4.65 Å². The molecule has 1 rings (SSSR count). The van der Waals surface area contributed by atoms with E-state index in [0.717, 1.165) is 18.4 Å². The molecule has 1 aromatic carbocycles. The van der Waals surface area contributed by atoms with E-state index < -0.39 is 0 Å². The molecule has 62 valence electrons. The van der Waals surface area contributed by atoms with Gasteiger partial charge in [-0.1, -0.05) is 0 Å². The molecule has 0 radical (unpaired) electrons. The number of aryl methyl sites for hydroxylation is 1. The standard InChI is InChI=1S/C9H11BO2/c1-2-5-8-6-3-4-7-9(8)12-10-11/h3-4,6-7H,2,5H2,1H3. The van der Waals surface area contributed by atoms with Crippen molar-refractivity contribution in [2.24, 2.45) is 0 Å². The first-order chi connectivity index (χ1) is 5.88. The Balaban J connectivity index is 2.83. The summed E-state index contributed by atoms with van der Waals surface area (Å²) >= 11 is 0. The van der Waals surface area contributed by atoms with E-state index in [9.17, 15) is 4.70 Å². The van der Waals surface area contributed by atoms with E-state index in [-0.39, 0.29) is 0 Å². The van der Waals surface area contributed by atoms with Crippen LogP contribution in [0.15, 0.2) is 24.3 Å². The number of hydrogen-bond acceptors (Lipinski definition) is 2. The zero-order chi connectivity index (χ0) is 8.81. The van der Waals surface area contributed by atoms with Gasteiger partial charge in [0, 0.05) is 0 Å². The van der Waals surface area contributed by atoms with E-state index in [1.165, 1.54) is 0 Å². The van der Waals surface area contributed by atoms with E-state index >= 15 is 0 Å². The van der Waals surface area contributed by atoms with Crippen LogP contribution in [0.1, 0.15) is 18.9 Å². The summed E-state index contributed by atoms with van der Waals surface area (Å²) in [5, 5.41) is 0. The van der Waals surface area contributed by atoms with Gasteiger partial charge in [0.1, 0.15) is 0 Å². The Morgan fingerprint density at radius 1 is 1.42 bits per heavy atom. The molecule has 0 unspecified atom stereocenters.